The van der Waals surface area contributed by atoms with Crippen LogP contribution >= 0.6 is 0 Å². The third-order valence-corrected chi connectivity index (χ3v) is 4.15. The van der Waals surface area contributed by atoms with E-state index >= 15 is 0 Å². The molecule has 2 aromatic carbocycles. The zero-order valence-electron chi connectivity index (χ0n) is 13.0. The van der Waals surface area contributed by atoms with E-state index in [-0.39, 0.29) is 23.7 Å². The smallest absolute Gasteiger partial charge is 0.230 e. The van der Waals surface area contributed by atoms with Crippen molar-refractivity contribution < 1.29 is 9.18 Å². The van der Waals surface area contributed by atoms with Crippen molar-refractivity contribution in [3.8, 4) is 0 Å². The van der Waals surface area contributed by atoms with Crippen molar-refractivity contribution in [2.75, 3.05) is 11.9 Å². The predicted octanol–water partition coefficient (Wildman–Crippen LogP) is 2.79. The van der Waals surface area contributed by atoms with E-state index in [0.717, 1.165) is 17.7 Å². The lowest BCUT2D eigenvalue weighted by molar-refractivity contribution is -0.119. The third kappa shape index (κ3) is 3.57. The van der Waals surface area contributed by atoms with Crippen LogP contribution in [0.25, 0.3) is 0 Å². The molecule has 2 aromatic rings. The summed E-state index contributed by atoms with van der Waals surface area (Å²) in [5, 5.41) is 2.98. The summed E-state index contributed by atoms with van der Waals surface area (Å²) in [6.45, 7) is 2.61. The Kier molecular flexibility index (Phi) is 4.69. The summed E-state index contributed by atoms with van der Waals surface area (Å²) < 4.78 is 13.1. The van der Waals surface area contributed by atoms with Crippen LogP contribution in [0.3, 0.4) is 0 Å². The molecule has 0 radical (unpaired) electrons. The number of amides is 1. The molecule has 0 aromatic heterocycles. The van der Waals surface area contributed by atoms with Crippen molar-refractivity contribution in [1.29, 1.82) is 0 Å². The fraction of sp³-hybridized carbons (Fsp3) is 0.278. The first-order chi connectivity index (χ1) is 11.2. The number of carbonyl (C=O) groups excluding carboxylic acids is 1. The number of rotatable bonds is 4. The molecule has 3 N–H and O–H groups in total. The van der Waals surface area contributed by atoms with E-state index in [2.05, 4.69) is 23.1 Å². The van der Waals surface area contributed by atoms with Crippen LogP contribution in [0.2, 0.25) is 0 Å². The molecule has 1 aliphatic heterocycles. The lowest BCUT2D eigenvalue weighted by Gasteiger charge is -2.18. The number of anilines is 1. The lowest BCUT2D eigenvalue weighted by Crippen LogP contribution is -2.29. The van der Waals surface area contributed by atoms with Crippen LogP contribution < -0.4 is 16.2 Å². The predicted molar refractivity (Wildman–Crippen MR) is 88.2 cm³/mol. The molecule has 3 rings (SSSR count). The Hall–Kier alpha value is -2.24. The zero-order chi connectivity index (χ0) is 16.2. The van der Waals surface area contributed by atoms with Gasteiger partial charge in [0.15, 0.2) is 0 Å². The van der Waals surface area contributed by atoms with Crippen molar-refractivity contribution in [1.82, 2.24) is 10.9 Å². The molecule has 1 aliphatic rings. The van der Waals surface area contributed by atoms with E-state index in [0.29, 0.717) is 6.54 Å². The summed E-state index contributed by atoms with van der Waals surface area (Å²) in [5.74, 6) is -0.590. The van der Waals surface area contributed by atoms with Gasteiger partial charge >= 0.3 is 0 Å². The molecule has 0 bridgehead atoms. The Bertz CT molecular complexity index is 687. The molecule has 2 unspecified atom stereocenters. The van der Waals surface area contributed by atoms with Crippen molar-refractivity contribution in [3.05, 3.63) is 65.5 Å². The molecule has 0 aliphatic carbocycles. The van der Waals surface area contributed by atoms with Gasteiger partial charge in [0.05, 0.1) is 12.0 Å². The number of carbonyl (C=O) groups is 1. The van der Waals surface area contributed by atoms with Crippen LogP contribution in [0.15, 0.2) is 48.5 Å². The first-order valence-electron chi connectivity index (χ1n) is 7.81. The second-order valence-corrected chi connectivity index (χ2v) is 5.70. The highest BCUT2D eigenvalue weighted by molar-refractivity contribution is 5.93. The molecule has 0 saturated carbocycles. The van der Waals surface area contributed by atoms with Gasteiger partial charge in [0.1, 0.15) is 5.82 Å². The molecule has 5 heteroatoms. The average Bonchev–Trinajstić information content (AvgIpc) is 3.05. The average molecular weight is 313 g/mol. The van der Waals surface area contributed by atoms with Crippen molar-refractivity contribution in [2.45, 2.75) is 19.4 Å². The largest absolute Gasteiger partial charge is 0.326 e. The first kappa shape index (κ1) is 15.6. The third-order valence-electron chi connectivity index (χ3n) is 4.15. The van der Waals surface area contributed by atoms with Crippen LogP contribution in [0.1, 0.15) is 24.1 Å². The molecule has 2 atom stereocenters. The van der Waals surface area contributed by atoms with Crippen LogP contribution in [-0.2, 0) is 11.2 Å². The Labute approximate surface area is 135 Å². The fourth-order valence-electron chi connectivity index (χ4n) is 2.83. The van der Waals surface area contributed by atoms with Crippen LogP contribution in [0.4, 0.5) is 10.1 Å². The van der Waals surface area contributed by atoms with Gasteiger partial charge < -0.3 is 5.32 Å². The van der Waals surface area contributed by atoms with Gasteiger partial charge in [0.2, 0.25) is 5.91 Å². The molecule has 1 saturated heterocycles. The first-order valence-corrected chi connectivity index (χ1v) is 7.81. The van der Waals surface area contributed by atoms with E-state index in [1.54, 1.807) is 12.1 Å². The topological polar surface area (TPSA) is 53.2 Å². The van der Waals surface area contributed by atoms with Gasteiger partial charge in [-0.1, -0.05) is 31.2 Å². The highest BCUT2D eigenvalue weighted by Crippen LogP contribution is 2.26. The Balaban J connectivity index is 1.74. The Morgan fingerprint density at radius 3 is 2.78 bits per heavy atom. The summed E-state index contributed by atoms with van der Waals surface area (Å²) in [6.07, 6.45) is 0.925. The van der Waals surface area contributed by atoms with Gasteiger partial charge in [-0.05, 0) is 41.8 Å². The summed E-state index contributed by atoms with van der Waals surface area (Å²) in [4.78, 5) is 12.6. The maximum Gasteiger partial charge on any atom is 0.230 e. The summed E-state index contributed by atoms with van der Waals surface area (Å²) >= 11 is 0. The number of halogens is 1. The van der Waals surface area contributed by atoms with E-state index in [1.807, 2.05) is 24.3 Å². The zero-order valence-corrected chi connectivity index (χ0v) is 13.0. The summed E-state index contributed by atoms with van der Waals surface area (Å²) in [6, 6.07) is 13.9. The minimum Gasteiger partial charge on any atom is -0.326 e. The number of hydrogen-bond donors (Lipinski definition) is 3. The monoisotopic (exact) mass is 313 g/mol. The molecular weight excluding hydrogens is 293 g/mol. The normalized spacial score (nSPS) is 20.4. The molecule has 23 heavy (non-hydrogen) atoms. The van der Waals surface area contributed by atoms with Crippen molar-refractivity contribution in [3.63, 3.8) is 0 Å². The molecule has 4 nitrogen and oxygen atoms in total. The standard InChI is InChI=1S/C18H20FN3O/c1-2-12-4-3-5-15(10-12)21-18(23)16-11-20-22-17(16)13-6-8-14(19)9-7-13/h3-10,16-17,20,22H,2,11H2,1H3,(H,21,23). The second-order valence-electron chi connectivity index (χ2n) is 5.70. The number of nitrogens with one attached hydrogen (secondary N) is 3. The van der Waals surface area contributed by atoms with E-state index in [9.17, 15) is 9.18 Å². The van der Waals surface area contributed by atoms with Gasteiger partial charge in [-0.3, -0.25) is 10.2 Å². The maximum absolute atomic E-state index is 13.1. The fourth-order valence-corrected chi connectivity index (χ4v) is 2.83. The van der Waals surface area contributed by atoms with Crippen LogP contribution in [0, 0.1) is 11.7 Å². The SMILES string of the molecule is CCc1cccc(NC(=O)C2CNNC2c2ccc(F)cc2)c1. The highest BCUT2D eigenvalue weighted by atomic mass is 19.1. The van der Waals surface area contributed by atoms with Gasteiger partial charge in [-0.25, -0.2) is 9.82 Å². The van der Waals surface area contributed by atoms with Gasteiger partial charge in [0.25, 0.3) is 0 Å². The minimum atomic E-state index is -0.280. The number of benzene rings is 2. The molecule has 1 heterocycles. The summed E-state index contributed by atoms with van der Waals surface area (Å²) in [5.41, 5.74) is 8.99. The molecule has 0 spiro atoms. The quantitative estimate of drug-likeness (QED) is 0.813. The number of hydrazine groups is 1. The second kappa shape index (κ2) is 6.89. The molecular formula is C18H20FN3O. The molecule has 1 fully saturated rings. The van der Waals surface area contributed by atoms with Gasteiger partial charge in [-0.2, -0.15) is 0 Å². The van der Waals surface area contributed by atoms with Gasteiger partial charge in [-0.15, -0.1) is 0 Å². The van der Waals surface area contributed by atoms with E-state index < -0.39 is 0 Å². The Morgan fingerprint density at radius 1 is 1.26 bits per heavy atom. The maximum atomic E-state index is 13.1. The minimum absolute atomic E-state index is 0.0509. The van der Waals surface area contributed by atoms with Crippen LogP contribution in [0.5, 0.6) is 0 Å². The lowest BCUT2D eigenvalue weighted by atomic mass is 9.94. The Morgan fingerprint density at radius 2 is 2.04 bits per heavy atom. The van der Waals surface area contributed by atoms with Gasteiger partial charge in [0, 0.05) is 12.2 Å². The number of hydrogen-bond acceptors (Lipinski definition) is 3. The highest BCUT2D eigenvalue weighted by Gasteiger charge is 2.33. The summed E-state index contributed by atoms with van der Waals surface area (Å²) in [7, 11) is 0. The van der Waals surface area contributed by atoms with Crippen LogP contribution in [-0.4, -0.2) is 12.5 Å². The van der Waals surface area contributed by atoms with E-state index in [1.165, 1.54) is 17.7 Å². The van der Waals surface area contributed by atoms with E-state index in [4.69, 9.17) is 0 Å². The number of aryl methyl sites for hydroxylation is 1. The molecule has 120 valence electrons. The van der Waals surface area contributed by atoms with Crippen molar-refractivity contribution in [2.24, 2.45) is 5.92 Å². The molecule has 1 amide bonds. The van der Waals surface area contributed by atoms with Crippen molar-refractivity contribution >= 4 is 11.6 Å².